The molecule has 0 bridgehead atoms. The van der Waals surface area contributed by atoms with Gasteiger partial charge in [0.1, 0.15) is 0 Å². The van der Waals surface area contributed by atoms with Crippen LogP contribution in [0, 0.1) is 0 Å². The average molecular weight is 355 g/mol. The molecule has 4 nitrogen and oxygen atoms in total. The van der Waals surface area contributed by atoms with E-state index in [0.29, 0.717) is 0 Å². The van der Waals surface area contributed by atoms with Crippen LogP contribution in [0.2, 0.25) is 0 Å². The van der Waals surface area contributed by atoms with Crippen molar-refractivity contribution >= 4 is 27.6 Å². The minimum absolute atomic E-state index is 0.0894. The summed E-state index contributed by atoms with van der Waals surface area (Å²) in [7, 11) is 0. The van der Waals surface area contributed by atoms with Gasteiger partial charge >= 0.3 is 5.97 Å². The van der Waals surface area contributed by atoms with Gasteiger partial charge in [-0.05, 0) is 29.2 Å². The summed E-state index contributed by atoms with van der Waals surface area (Å²) in [5.74, 6) is -0.248. The molecule has 1 fully saturated rings. The highest BCUT2D eigenvalue weighted by atomic mass is 79.9. The fraction of sp³-hybridized carbons (Fsp3) is 0.562. The Balaban J connectivity index is 2.15. The van der Waals surface area contributed by atoms with E-state index in [1.165, 1.54) is 18.2 Å². The van der Waals surface area contributed by atoms with Gasteiger partial charge in [0.05, 0.1) is 13.1 Å². The number of rotatable bonds is 2. The van der Waals surface area contributed by atoms with Gasteiger partial charge in [-0.25, -0.2) is 0 Å². The van der Waals surface area contributed by atoms with Crippen LogP contribution < -0.4 is 4.90 Å². The zero-order valence-electron chi connectivity index (χ0n) is 13.1. The van der Waals surface area contributed by atoms with E-state index in [1.807, 2.05) is 0 Å². The summed E-state index contributed by atoms with van der Waals surface area (Å²) in [5, 5.41) is 1.74. The number of piperazine rings is 1. The molecule has 1 aliphatic rings. The van der Waals surface area contributed by atoms with Crippen LogP contribution in [0.15, 0.2) is 22.7 Å². The second kappa shape index (κ2) is 6.36. The molecule has 2 rings (SSSR count). The first-order chi connectivity index (χ1) is 9.77. The highest BCUT2D eigenvalue weighted by Crippen LogP contribution is 2.34. The zero-order chi connectivity index (χ0) is 15.6. The largest absolute Gasteiger partial charge is 0.368 e. The maximum Gasteiger partial charge on any atom is 0.322 e. The van der Waals surface area contributed by atoms with Crippen LogP contribution in [-0.2, 0) is 15.0 Å². The summed E-state index contributed by atoms with van der Waals surface area (Å²) in [5.41, 5.74) is 2.69. The molecule has 0 spiro atoms. The van der Waals surface area contributed by atoms with E-state index in [9.17, 15) is 4.79 Å². The lowest BCUT2D eigenvalue weighted by Gasteiger charge is -2.37. The standard InChI is InChI=1S/C16H23BrN2O2/c1-12(20)21-19-9-7-18(8-10-19)15-6-5-13(17)11-14(15)16(2,3)4/h5-6,11H,7-10H2,1-4H3. The van der Waals surface area contributed by atoms with Gasteiger partial charge in [0, 0.05) is 30.2 Å². The fourth-order valence-corrected chi connectivity index (χ4v) is 2.95. The molecule has 0 N–H and O–H groups in total. The number of anilines is 1. The first-order valence-corrected chi connectivity index (χ1v) is 8.05. The summed E-state index contributed by atoms with van der Waals surface area (Å²) in [6, 6.07) is 6.46. The van der Waals surface area contributed by atoms with Crippen molar-refractivity contribution in [1.82, 2.24) is 5.06 Å². The third kappa shape index (κ3) is 4.20. The zero-order valence-corrected chi connectivity index (χ0v) is 14.7. The van der Waals surface area contributed by atoms with Gasteiger partial charge in [0.15, 0.2) is 0 Å². The Hall–Kier alpha value is -1.07. The van der Waals surface area contributed by atoms with Crippen LogP contribution in [0.1, 0.15) is 33.3 Å². The molecule has 1 aromatic rings. The van der Waals surface area contributed by atoms with Gasteiger partial charge in [-0.1, -0.05) is 36.7 Å². The van der Waals surface area contributed by atoms with E-state index in [0.717, 1.165) is 30.7 Å². The van der Waals surface area contributed by atoms with E-state index in [2.05, 4.69) is 59.8 Å². The fourth-order valence-electron chi connectivity index (χ4n) is 2.59. The summed E-state index contributed by atoms with van der Waals surface area (Å²) in [4.78, 5) is 18.5. The SMILES string of the molecule is CC(=O)ON1CCN(c2ccc(Br)cc2C(C)(C)C)CC1. The maximum atomic E-state index is 11.0. The predicted octanol–water partition coefficient (Wildman–Crippen LogP) is 3.35. The molecule has 1 heterocycles. The Kier molecular flexibility index (Phi) is 4.94. The van der Waals surface area contributed by atoms with Crippen molar-refractivity contribution in [2.24, 2.45) is 0 Å². The van der Waals surface area contributed by atoms with E-state index in [-0.39, 0.29) is 11.4 Å². The van der Waals surface area contributed by atoms with Gasteiger partial charge in [-0.3, -0.25) is 4.79 Å². The van der Waals surface area contributed by atoms with Crippen LogP contribution in [0.3, 0.4) is 0 Å². The predicted molar refractivity (Wildman–Crippen MR) is 88.4 cm³/mol. The lowest BCUT2D eigenvalue weighted by atomic mass is 9.85. The van der Waals surface area contributed by atoms with Crippen molar-refractivity contribution in [3.05, 3.63) is 28.2 Å². The topological polar surface area (TPSA) is 32.8 Å². The van der Waals surface area contributed by atoms with Crippen LogP contribution in [0.25, 0.3) is 0 Å². The molecule has 0 saturated carbocycles. The van der Waals surface area contributed by atoms with Crippen LogP contribution in [-0.4, -0.2) is 37.2 Å². The Labute approximate surface area is 135 Å². The Bertz CT molecular complexity index is 517. The highest BCUT2D eigenvalue weighted by molar-refractivity contribution is 9.10. The molecule has 0 radical (unpaired) electrons. The Morgan fingerprint density at radius 2 is 1.81 bits per heavy atom. The number of hydrogen-bond acceptors (Lipinski definition) is 4. The quantitative estimate of drug-likeness (QED) is 0.815. The third-order valence-electron chi connectivity index (χ3n) is 3.60. The van der Waals surface area contributed by atoms with Gasteiger partial charge in [0.2, 0.25) is 0 Å². The number of halogens is 1. The van der Waals surface area contributed by atoms with Crippen molar-refractivity contribution in [2.45, 2.75) is 33.1 Å². The molecule has 21 heavy (non-hydrogen) atoms. The molecule has 0 unspecified atom stereocenters. The van der Waals surface area contributed by atoms with Crippen molar-refractivity contribution in [3.63, 3.8) is 0 Å². The normalized spacial score (nSPS) is 16.9. The van der Waals surface area contributed by atoms with E-state index >= 15 is 0 Å². The third-order valence-corrected chi connectivity index (χ3v) is 4.10. The molecular formula is C16H23BrN2O2. The summed E-state index contributed by atoms with van der Waals surface area (Å²) in [6.45, 7) is 11.3. The number of hydrogen-bond donors (Lipinski definition) is 0. The second-order valence-electron chi connectivity index (χ2n) is 6.41. The molecular weight excluding hydrogens is 332 g/mol. The van der Waals surface area contributed by atoms with Gasteiger partial charge in [-0.15, -0.1) is 5.06 Å². The highest BCUT2D eigenvalue weighted by Gasteiger charge is 2.25. The molecule has 0 atom stereocenters. The van der Waals surface area contributed by atoms with Crippen molar-refractivity contribution in [3.8, 4) is 0 Å². The van der Waals surface area contributed by atoms with E-state index < -0.39 is 0 Å². The van der Waals surface area contributed by atoms with E-state index in [1.54, 1.807) is 5.06 Å². The summed E-state index contributed by atoms with van der Waals surface area (Å²) >= 11 is 3.57. The number of nitrogens with zero attached hydrogens (tertiary/aromatic N) is 2. The molecule has 0 aliphatic carbocycles. The van der Waals surface area contributed by atoms with Gasteiger partial charge in [0.25, 0.3) is 0 Å². The minimum Gasteiger partial charge on any atom is -0.368 e. The van der Waals surface area contributed by atoms with Crippen LogP contribution in [0.4, 0.5) is 5.69 Å². The molecule has 0 amide bonds. The monoisotopic (exact) mass is 354 g/mol. The molecule has 1 aliphatic heterocycles. The lowest BCUT2D eigenvalue weighted by Crippen LogP contribution is -2.47. The van der Waals surface area contributed by atoms with Crippen molar-refractivity contribution < 1.29 is 9.63 Å². The minimum atomic E-state index is -0.248. The first kappa shape index (κ1) is 16.3. The number of carbonyl (C=O) groups is 1. The number of hydroxylamine groups is 2. The number of carbonyl (C=O) groups excluding carboxylic acids is 1. The second-order valence-corrected chi connectivity index (χ2v) is 7.33. The summed E-state index contributed by atoms with van der Waals surface area (Å²) < 4.78 is 1.11. The molecule has 1 aromatic carbocycles. The molecule has 0 aromatic heterocycles. The number of benzene rings is 1. The molecule has 1 saturated heterocycles. The van der Waals surface area contributed by atoms with Crippen LogP contribution in [0.5, 0.6) is 0 Å². The smallest absolute Gasteiger partial charge is 0.322 e. The Morgan fingerprint density at radius 1 is 1.19 bits per heavy atom. The average Bonchev–Trinajstić information content (AvgIpc) is 2.38. The molecule has 5 heteroatoms. The van der Waals surface area contributed by atoms with Crippen molar-refractivity contribution in [1.29, 1.82) is 0 Å². The van der Waals surface area contributed by atoms with Crippen molar-refractivity contribution in [2.75, 3.05) is 31.1 Å². The maximum absolute atomic E-state index is 11.0. The van der Waals surface area contributed by atoms with E-state index in [4.69, 9.17) is 4.84 Å². The lowest BCUT2D eigenvalue weighted by molar-refractivity contribution is -0.188. The van der Waals surface area contributed by atoms with Gasteiger partial charge < -0.3 is 9.74 Å². The summed E-state index contributed by atoms with van der Waals surface area (Å²) in [6.07, 6.45) is 0. The van der Waals surface area contributed by atoms with Gasteiger partial charge in [-0.2, -0.15) is 0 Å². The molecule has 116 valence electrons. The first-order valence-electron chi connectivity index (χ1n) is 7.26. The van der Waals surface area contributed by atoms with Crippen LogP contribution >= 0.6 is 15.9 Å². The Morgan fingerprint density at radius 3 is 2.33 bits per heavy atom.